The molecule has 0 spiro atoms. The zero-order valence-electron chi connectivity index (χ0n) is 14.8. The summed E-state index contributed by atoms with van der Waals surface area (Å²) in [6.45, 7) is 4.28. The van der Waals surface area contributed by atoms with Crippen LogP contribution in [-0.4, -0.2) is 38.0 Å². The Morgan fingerprint density at radius 1 is 1.36 bits per heavy atom. The number of aromatic nitrogens is 3. The maximum atomic E-state index is 12.5. The third-order valence-electron chi connectivity index (χ3n) is 4.62. The van der Waals surface area contributed by atoms with Crippen molar-refractivity contribution in [3.05, 3.63) is 35.2 Å². The summed E-state index contributed by atoms with van der Waals surface area (Å²) in [5.74, 6) is 0.771. The van der Waals surface area contributed by atoms with Crippen molar-refractivity contribution in [3.63, 3.8) is 0 Å². The molecular weight excluding hydrogens is 322 g/mol. The molecule has 1 fully saturated rings. The van der Waals surface area contributed by atoms with Gasteiger partial charge in [0.15, 0.2) is 5.82 Å². The second-order valence-corrected chi connectivity index (χ2v) is 6.34. The van der Waals surface area contributed by atoms with Gasteiger partial charge in [0.25, 0.3) is 5.91 Å². The fourth-order valence-corrected chi connectivity index (χ4v) is 3.37. The first-order chi connectivity index (χ1) is 12.0. The molecule has 3 rings (SSSR count). The van der Waals surface area contributed by atoms with Crippen molar-refractivity contribution < 1.29 is 14.1 Å². The van der Waals surface area contributed by atoms with Gasteiger partial charge in [-0.3, -0.25) is 9.59 Å². The molecule has 0 saturated carbocycles. The molecule has 134 valence electrons. The summed E-state index contributed by atoms with van der Waals surface area (Å²) in [6, 6.07) is 3.75. The first-order valence-corrected chi connectivity index (χ1v) is 8.47. The maximum Gasteiger partial charge on any atom is 0.268 e. The van der Waals surface area contributed by atoms with E-state index in [0.717, 1.165) is 31.5 Å². The lowest BCUT2D eigenvalue weighted by atomic mass is 9.99. The van der Waals surface area contributed by atoms with Gasteiger partial charge in [-0.25, -0.2) is 0 Å². The SMILES string of the molecule is CC(=O)N1CCCC[C@H]1c1ccc(C(=O)NCc2noc(C)n2)n1C. The third kappa shape index (κ3) is 3.57. The van der Waals surface area contributed by atoms with E-state index in [4.69, 9.17) is 4.52 Å². The molecule has 8 nitrogen and oxygen atoms in total. The molecule has 3 heterocycles. The number of rotatable bonds is 4. The fraction of sp³-hybridized carbons (Fsp3) is 0.529. The predicted molar refractivity (Wildman–Crippen MR) is 89.6 cm³/mol. The summed E-state index contributed by atoms with van der Waals surface area (Å²) in [6.07, 6.45) is 3.02. The van der Waals surface area contributed by atoms with E-state index >= 15 is 0 Å². The zero-order chi connectivity index (χ0) is 18.0. The number of hydrogen-bond acceptors (Lipinski definition) is 5. The van der Waals surface area contributed by atoms with Crippen molar-refractivity contribution in [2.24, 2.45) is 7.05 Å². The molecule has 0 bridgehead atoms. The van der Waals surface area contributed by atoms with Gasteiger partial charge >= 0.3 is 0 Å². The minimum absolute atomic E-state index is 0.0256. The Kier molecular flexibility index (Phi) is 4.87. The standard InChI is InChI=1S/C17H23N5O3/c1-11-19-16(20-25-11)10-18-17(24)15-8-7-13(21(15)3)14-6-4-5-9-22(14)12(2)23/h7-8,14H,4-6,9-10H2,1-3H3,(H,18,24)/t14-/m0/s1. The molecule has 0 unspecified atom stereocenters. The summed E-state index contributed by atoms with van der Waals surface area (Å²) in [5, 5.41) is 6.55. The van der Waals surface area contributed by atoms with E-state index in [-0.39, 0.29) is 24.4 Å². The molecule has 8 heteroatoms. The number of likely N-dealkylation sites (tertiary alicyclic amines) is 1. The molecule has 1 aliphatic heterocycles. The molecule has 0 aliphatic carbocycles. The number of hydrogen-bond donors (Lipinski definition) is 1. The molecule has 1 aliphatic rings. The number of carbonyl (C=O) groups excluding carboxylic acids is 2. The number of nitrogens with one attached hydrogen (secondary N) is 1. The summed E-state index contributed by atoms with van der Waals surface area (Å²) < 4.78 is 6.75. The first-order valence-electron chi connectivity index (χ1n) is 8.47. The highest BCUT2D eigenvalue weighted by molar-refractivity contribution is 5.92. The van der Waals surface area contributed by atoms with Crippen LogP contribution >= 0.6 is 0 Å². The van der Waals surface area contributed by atoms with E-state index in [0.29, 0.717) is 17.4 Å². The van der Waals surface area contributed by atoms with Crippen molar-refractivity contribution in [1.29, 1.82) is 0 Å². The summed E-state index contributed by atoms with van der Waals surface area (Å²) in [4.78, 5) is 30.3. The van der Waals surface area contributed by atoms with Crippen molar-refractivity contribution in [3.8, 4) is 0 Å². The molecule has 25 heavy (non-hydrogen) atoms. The highest BCUT2D eigenvalue weighted by Gasteiger charge is 2.28. The lowest BCUT2D eigenvalue weighted by Crippen LogP contribution is -2.38. The van der Waals surface area contributed by atoms with E-state index in [1.165, 1.54) is 0 Å². The molecule has 0 aromatic carbocycles. The van der Waals surface area contributed by atoms with Crippen LogP contribution < -0.4 is 5.32 Å². The Balaban J connectivity index is 1.73. The third-order valence-corrected chi connectivity index (χ3v) is 4.62. The van der Waals surface area contributed by atoms with Crippen LogP contribution in [0.25, 0.3) is 0 Å². The summed E-state index contributed by atoms with van der Waals surface area (Å²) in [5.41, 5.74) is 1.53. The van der Waals surface area contributed by atoms with Crippen LogP contribution in [0.4, 0.5) is 0 Å². The van der Waals surface area contributed by atoms with Crippen LogP contribution in [0.2, 0.25) is 0 Å². The van der Waals surface area contributed by atoms with Crippen LogP contribution in [0, 0.1) is 6.92 Å². The Morgan fingerprint density at radius 3 is 2.84 bits per heavy atom. The quantitative estimate of drug-likeness (QED) is 0.911. The minimum atomic E-state index is -0.207. The average molecular weight is 345 g/mol. The molecule has 2 aromatic heterocycles. The van der Waals surface area contributed by atoms with Crippen LogP contribution in [0.15, 0.2) is 16.7 Å². The molecule has 1 saturated heterocycles. The van der Waals surface area contributed by atoms with Crippen molar-refractivity contribution in [2.75, 3.05) is 6.54 Å². The van der Waals surface area contributed by atoms with E-state index < -0.39 is 0 Å². The van der Waals surface area contributed by atoms with Crippen LogP contribution in [0.3, 0.4) is 0 Å². The minimum Gasteiger partial charge on any atom is -0.343 e. The Hall–Kier alpha value is -2.64. The first kappa shape index (κ1) is 17.2. The lowest BCUT2D eigenvalue weighted by Gasteiger charge is -2.35. The van der Waals surface area contributed by atoms with E-state index in [1.54, 1.807) is 19.9 Å². The van der Waals surface area contributed by atoms with Crippen molar-refractivity contribution in [2.45, 2.75) is 45.7 Å². The Bertz CT molecular complexity index is 779. The topological polar surface area (TPSA) is 93.3 Å². The molecular formula is C17H23N5O3. The van der Waals surface area contributed by atoms with E-state index in [1.807, 2.05) is 22.6 Å². The molecule has 1 N–H and O–H groups in total. The smallest absolute Gasteiger partial charge is 0.268 e. The largest absolute Gasteiger partial charge is 0.343 e. The van der Waals surface area contributed by atoms with E-state index in [2.05, 4.69) is 15.5 Å². The average Bonchev–Trinajstić information content (AvgIpc) is 3.18. The summed E-state index contributed by atoms with van der Waals surface area (Å²) >= 11 is 0. The second kappa shape index (κ2) is 7.08. The molecule has 2 amide bonds. The van der Waals surface area contributed by atoms with Gasteiger partial charge in [0.1, 0.15) is 5.69 Å². The number of aryl methyl sites for hydroxylation is 1. The van der Waals surface area contributed by atoms with Gasteiger partial charge < -0.3 is 19.3 Å². The number of piperidine rings is 1. The molecule has 1 atom stereocenters. The van der Waals surface area contributed by atoms with Gasteiger partial charge in [0, 0.05) is 33.1 Å². The fourth-order valence-electron chi connectivity index (χ4n) is 3.37. The van der Waals surface area contributed by atoms with Crippen LogP contribution in [0.1, 0.15) is 60.1 Å². The molecule has 2 aromatic rings. The van der Waals surface area contributed by atoms with Crippen molar-refractivity contribution >= 4 is 11.8 Å². The Labute approximate surface area is 146 Å². The van der Waals surface area contributed by atoms with E-state index in [9.17, 15) is 9.59 Å². The van der Waals surface area contributed by atoms with Gasteiger partial charge in [-0.1, -0.05) is 5.16 Å². The van der Waals surface area contributed by atoms with Gasteiger partial charge in [-0.2, -0.15) is 4.98 Å². The molecule has 0 radical (unpaired) electrons. The predicted octanol–water partition coefficient (Wildman–Crippen LogP) is 1.72. The van der Waals surface area contributed by atoms with Crippen molar-refractivity contribution in [1.82, 2.24) is 24.9 Å². The Morgan fingerprint density at radius 2 is 2.16 bits per heavy atom. The number of carbonyl (C=O) groups is 2. The number of amides is 2. The lowest BCUT2D eigenvalue weighted by molar-refractivity contribution is -0.132. The highest BCUT2D eigenvalue weighted by atomic mass is 16.5. The summed E-state index contributed by atoms with van der Waals surface area (Å²) in [7, 11) is 1.86. The van der Waals surface area contributed by atoms with Gasteiger partial charge in [0.05, 0.1) is 12.6 Å². The second-order valence-electron chi connectivity index (χ2n) is 6.34. The van der Waals surface area contributed by atoms with Gasteiger partial charge in [0.2, 0.25) is 11.8 Å². The monoisotopic (exact) mass is 345 g/mol. The number of nitrogens with zero attached hydrogens (tertiary/aromatic N) is 4. The maximum absolute atomic E-state index is 12.5. The zero-order valence-corrected chi connectivity index (χ0v) is 14.8. The normalized spacial score (nSPS) is 17.6. The van der Waals surface area contributed by atoms with Crippen LogP contribution in [-0.2, 0) is 18.4 Å². The van der Waals surface area contributed by atoms with Crippen LogP contribution in [0.5, 0.6) is 0 Å². The highest BCUT2D eigenvalue weighted by Crippen LogP contribution is 2.31. The van der Waals surface area contributed by atoms with Gasteiger partial charge in [-0.05, 0) is 31.4 Å². The van der Waals surface area contributed by atoms with Gasteiger partial charge in [-0.15, -0.1) is 0 Å².